The molecular formula is C18H29NOS. The topological polar surface area (TPSA) is 43.1 Å². The summed E-state index contributed by atoms with van der Waals surface area (Å²) in [7, 11) is -0.946. The van der Waals surface area contributed by atoms with Gasteiger partial charge in [0.15, 0.2) is 0 Å². The second-order valence-electron chi connectivity index (χ2n) is 7.52. The smallest absolute Gasteiger partial charge is 0.0564 e. The van der Waals surface area contributed by atoms with Gasteiger partial charge in [-0.25, -0.2) is 0 Å². The molecule has 0 aromatic heterocycles. The second-order valence-corrected chi connectivity index (χ2v) is 9.20. The van der Waals surface area contributed by atoms with Crippen LogP contribution < -0.4 is 5.73 Å². The lowest BCUT2D eigenvalue weighted by Crippen LogP contribution is -2.40. The van der Waals surface area contributed by atoms with Crippen LogP contribution in [0.5, 0.6) is 0 Å². The number of aryl methyl sites for hydroxylation is 1. The highest BCUT2D eigenvalue weighted by Gasteiger charge is 2.38. The fourth-order valence-corrected chi connectivity index (χ4v) is 5.29. The van der Waals surface area contributed by atoms with Crippen molar-refractivity contribution in [1.82, 2.24) is 0 Å². The first-order valence-electron chi connectivity index (χ1n) is 8.00. The van der Waals surface area contributed by atoms with Gasteiger partial charge in [0.1, 0.15) is 0 Å². The summed E-state index contributed by atoms with van der Waals surface area (Å²) in [5, 5.41) is 0.203. The molecule has 0 aliphatic heterocycles. The summed E-state index contributed by atoms with van der Waals surface area (Å²) in [4.78, 5) is 0.966. The van der Waals surface area contributed by atoms with Gasteiger partial charge in [-0.05, 0) is 67.7 Å². The average molecular weight is 308 g/mol. The van der Waals surface area contributed by atoms with Crippen molar-refractivity contribution in [2.24, 2.45) is 23.0 Å². The van der Waals surface area contributed by atoms with Crippen LogP contribution >= 0.6 is 0 Å². The van der Waals surface area contributed by atoms with Crippen molar-refractivity contribution in [2.75, 3.05) is 6.54 Å². The summed E-state index contributed by atoms with van der Waals surface area (Å²) in [6.07, 6.45) is 3.36. The normalized spacial score (nSPS) is 28.3. The number of nitrogens with two attached hydrogens (primary N) is 1. The molecule has 118 valence electrons. The number of rotatable bonds is 3. The van der Waals surface area contributed by atoms with Gasteiger partial charge in [-0.3, -0.25) is 4.21 Å². The van der Waals surface area contributed by atoms with E-state index >= 15 is 0 Å². The Morgan fingerprint density at radius 2 is 2.00 bits per heavy atom. The minimum Gasteiger partial charge on any atom is -0.330 e. The van der Waals surface area contributed by atoms with E-state index in [2.05, 4.69) is 39.8 Å². The molecule has 0 bridgehead atoms. The molecule has 1 saturated carbocycles. The molecule has 0 saturated heterocycles. The summed E-state index contributed by atoms with van der Waals surface area (Å²) in [5.74, 6) is 1.03. The zero-order chi connectivity index (χ0) is 15.6. The quantitative estimate of drug-likeness (QED) is 0.920. The van der Waals surface area contributed by atoms with Crippen LogP contribution in [0.25, 0.3) is 0 Å². The lowest BCUT2D eigenvalue weighted by molar-refractivity contribution is 0.156. The largest absolute Gasteiger partial charge is 0.330 e. The Balaban J connectivity index is 2.23. The molecule has 0 spiro atoms. The van der Waals surface area contributed by atoms with Crippen LogP contribution in [0.3, 0.4) is 0 Å². The molecule has 1 aliphatic rings. The molecule has 2 nitrogen and oxygen atoms in total. The third kappa shape index (κ3) is 3.95. The number of hydrogen-bond acceptors (Lipinski definition) is 2. The Morgan fingerprint density at radius 3 is 2.57 bits per heavy atom. The summed E-state index contributed by atoms with van der Waals surface area (Å²) >= 11 is 0. The summed E-state index contributed by atoms with van der Waals surface area (Å²) in [5.41, 5.74) is 7.42. The molecule has 0 amide bonds. The Hall–Kier alpha value is -0.670. The molecule has 0 radical (unpaired) electrons. The molecule has 1 fully saturated rings. The van der Waals surface area contributed by atoms with Gasteiger partial charge in [-0.2, -0.15) is 0 Å². The molecule has 4 atom stereocenters. The minimum atomic E-state index is -0.946. The highest BCUT2D eigenvalue weighted by Crippen LogP contribution is 2.42. The molecule has 1 aromatic rings. The van der Waals surface area contributed by atoms with E-state index in [0.717, 1.165) is 17.7 Å². The van der Waals surface area contributed by atoms with Gasteiger partial charge in [0, 0.05) is 10.1 Å². The van der Waals surface area contributed by atoms with E-state index in [0.29, 0.717) is 18.4 Å². The van der Waals surface area contributed by atoms with Gasteiger partial charge < -0.3 is 5.73 Å². The van der Waals surface area contributed by atoms with Gasteiger partial charge in [0.2, 0.25) is 0 Å². The van der Waals surface area contributed by atoms with E-state index in [1.165, 1.54) is 12.0 Å². The van der Waals surface area contributed by atoms with Crippen LogP contribution in [0.4, 0.5) is 0 Å². The second kappa shape index (κ2) is 6.62. The van der Waals surface area contributed by atoms with Gasteiger partial charge in [0.05, 0.1) is 10.8 Å². The van der Waals surface area contributed by atoms with E-state index in [9.17, 15) is 4.21 Å². The molecule has 2 N–H and O–H groups in total. The zero-order valence-electron chi connectivity index (χ0n) is 13.8. The molecule has 0 heterocycles. The van der Waals surface area contributed by atoms with Crippen molar-refractivity contribution in [3.63, 3.8) is 0 Å². The number of hydrogen-bond donors (Lipinski definition) is 1. The first-order valence-corrected chi connectivity index (χ1v) is 9.21. The first kappa shape index (κ1) is 16.7. The van der Waals surface area contributed by atoms with Crippen molar-refractivity contribution in [1.29, 1.82) is 0 Å². The third-order valence-electron chi connectivity index (χ3n) is 4.95. The fourth-order valence-electron chi connectivity index (χ4n) is 3.43. The maximum Gasteiger partial charge on any atom is 0.0564 e. The Labute approximate surface area is 132 Å². The SMILES string of the molecule is Cc1cccc(S(=O)C2CC(C(C)(C)C)CCC2CN)c1. The minimum absolute atomic E-state index is 0.203. The summed E-state index contributed by atoms with van der Waals surface area (Å²) in [6.45, 7) is 9.60. The number of benzene rings is 1. The lowest BCUT2D eigenvalue weighted by Gasteiger charge is -2.41. The van der Waals surface area contributed by atoms with Crippen molar-refractivity contribution >= 4 is 10.8 Å². The molecule has 4 unspecified atom stereocenters. The zero-order valence-corrected chi connectivity index (χ0v) is 14.6. The Kier molecular flexibility index (Phi) is 5.26. The van der Waals surface area contributed by atoms with Crippen LogP contribution in [0.2, 0.25) is 0 Å². The van der Waals surface area contributed by atoms with Crippen molar-refractivity contribution in [3.8, 4) is 0 Å². The predicted molar refractivity (Wildman–Crippen MR) is 90.7 cm³/mol. The van der Waals surface area contributed by atoms with Crippen LogP contribution in [-0.4, -0.2) is 16.0 Å². The standard InChI is InChI=1S/C18H29NOS/c1-13-6-5-7-16(10-13)21(20)17-11-15(18(2,3)4)9-8-14(17)12-19/h5-7,10,14-15,17H,8-9,11-12,19H2,1-4H3. The van der Waals surface area contributed by atoms with Crippen molar-refractivity contribution in [3.05, 3.63) is 29.8 Å². The van der Waals surface area contributed by atoms with E-state index in [4.69, 9.17) is 5.73 Å². The molecule has 1 aliphatic carbocycles. The van der Waals surface area contributed by atoms with Crippen LogP contribution in [0, 0.1) is 24.2 Å². The van der Waals surface area contributed by atoms with E-state index in [1.807, 2.05) is 12.1 Å². The van der Waals surface area contributed by atoms with E-state index in [1.54, 1.807) is 0 Å². The lowest BCUT2D eigenvalue weighted by atomic mass is 9.69. The molecular weight excluding hydrogens is 278 g/mol. The monoisotopic (exact) mass is 307 g/mol. The molecule has 1 aromatic carbocycles. The van der Waals surface area contributed by atoms with E-state index in [-0.39, 0.29) is 10.7 Å². The summed E-state index contributed by atoms with van der Waals surface area (Å²) < 4.78 is 13.0. The molecule has 21 heavy (non-hydrogen) atoms. The first-order chi connectivity index (χ1) is 9.82. The molecule has 3 heteroatoms. The van der Waals surface area contributed by atoms with Gasteiger partial charge in [-0.1, -0.05) is 32.9 Å². The van der Waals surface area contributed by atoms with Gasteiger partial charge in [-0.15, -0.1) is 0 Å². The van der Waals surface area contributed by atoms with Crippen molar-refractivity contribution < 1.29 is 4.21 Å². The average Bonchev–Trinajstić information content (AvgIpc) is 2.44. The van der Waals surface area contributed by atoms with E-state index < -0.39 is 10.8 Å². The van der Waals surface area contributed by atoms with Gasteiger partial charge >= 0.3 is 0 Å². The Bertz CT molecular complexity index is 506. The highest BCUT2D eigenvalue weighted by atomic mass is 32.2. The summed E-state index contributed by atoms with van der Waals surface area (Å²) in [6, 6.07) is 8.12. The Morgan fingerprint density at radius 1 is 1.29 bits per heavy atom. The maximum atomic E-state index is 13.0. The van der Waals surface area contributed by atoms with Crippen molar-refractivity contribution in [2.45, 2.75) is 57.1 Å². The molecule has 2 rings (SSSR count). The fraction of sp³-hybridized carbons (Fsp3) is 0.667. The maximum absolute atomic E-state index is 13.0. The third-order valence-corrected chi connectivity index (χ3v) is 6.80. The predicted octanol–water partition coefficient (Wildman–Crippen LogP) is 3.89. The van der Waals surface area contributed by atoms with Crippen LogP contribution in [-0.2, 0) is 10.8 Å². The van der Waals surface area contributed by atoms with Gasteiger partial charge in [0.25, 0.3) is 0 Å². The van der Waals surface area contributed by atoms with Crippen LogP contribution in [0.15, 0.2) is 29.2 Å². The van der Waals surface area contributed by atoms with Crippen LogP contribution in [0.1, 0.15) is 45.6 Å². The highest BCUT2D eigenvalue weighted by molar-refractivity contribution is 7.85.